The van der Waals surface area contributed by atoms with Gasteiger partial charge in [-0.25, -0.2) is 9.78 Å². The minimum atomic E-state index is -1.13. The molecule has 6 heteroatoms. The number of carbonyl (C=O) groups excluding carboxylic acids is 1. The number of hydrogen-bond donors (Lipinski definition) is 1. The molecule has 1 aliphatic rings. The largest absolute Gasteiger partial charge is 0.477 e. The van der Waals surface area contributed by atoms with Crippen molar-refractivity contribution in [1.82, 2.24) is 14.8 Å². The fourth-order valence-corrected chi connectivity index (χ4v) is 2.51. The molecule has 0 saturated carbocycles. The molecule has 1 unspecified atom stereocenters. The number of carbonyl (C=O) groups is 2. The van der Waals surface area contributed by atoms with Crippen molar-refractivity contribution >= 4 is 11.9 Å². The molecule has 6 nitrogen and oxygen atoms in total. The highest BCUT2D eigenvalue weighted by molar-refractivity contribution is 5.96. The van der Waals surface area contributed by atoms with E-state index in [1.165, 1.54) is 12.3 Å². The second kappa shape index (κ2) is 6.00. The molecular formula is C14H19N3O3. The summed E-state index contributed by atoms with van der Waals surface area (Å²) < 4.78 is 0. The van der Waals surface area contributed by atoms with Crippen LogP contribution in [0, 0.1) is 0 Å². The zero-order valence-electron chi connectivity index (χ0n) is 11.7. The fourth-order valence-electron chi connectivity index (χ4n) is 2.51. The average Bonchev–Trinajstić information content (AvgIpc) is 2.45. The topological polar surface area (TPSA) is 73.7 Å². The molecule has 1 aliphatic heterocycles. The van der Waals surface area contributed by atoms with Crippen LogP contribution in [-0.4, -0.2) is 65.0 Å². The van der Waals surface area contributed by atoms with Gasteiger partial charge in [0.15, 0.2) is 0 Å². The molecule has 0 spiro atoms. The molecule has 1 N–H and O–H groups in total. The number of piperidine rings is 1. The lowest BCUT2D eigenvalue weighted by molar-refractivity contribution is 0.0644. The Morgan fingerprint density at radius 1 is 1.50 bits per heavy atom. The van der Waals surface area contributed by atoms with E-state index in [9.17, 15) is 9.59 Å². The molecule has 1 aromatic heterocycles. The maximum absolute atomic E-state index is 12.4. The number of likely N-dealkylation sites (N-methyl/N-ethyl adjacent to an activating group) is 2. The molecule has 0 radical (unpaired) electrons. The molecule has 1 fully saturated rings. The highest BCUT2D eigenvalue weighted by atomic mass is 16.4. The summed E-state index contributed by atoms with van der Waals surface area (Å²) in [4.78, 5) is 30.9. The lowest BCUT2D eigenvalue weighted by Crippen LogP contribution is -2.47. The normalized spacial score (nSPS) is 19.6. The summed E-state index contributed by atoms with van der Waals surface area (Å²) in [6.45, 7) is 1.90. The summed E-state index contributed by atoms with van der Waals surface area (Å²) in [7, 11) is 3.81. The molecule has 108 valence electrons. The minimum absolute atomic E-state index is 0.106. The summed E-state index contributed by atoms with van der Waals surface area (Å²) in [6, 6.07) is 3.05. The lowest BCUT2D eigenvalue weighted by Gasteiger charge is -2.35. The Balaban J connectivity index is 2.13. The Morgan fingerprint density at radius 2 is 2.25 bits per heavy atom. The van der Waals surface area contributed by atoms with Crippen molar-refractivity contribution in [3.8, 4) is 0 Å². The number of carboxylic acid groups (broad SMARTS) is 1. The van der Waals surface area contributed by atoms with Crippen LogP contribution in [0.1, 0.15) is 33.7 Å². The Kier molecular flexibility index (Phi) is 4.34. The Morgan fingerprint density at radius 3 is 2.90 bits per heavy atom. The summed E-state index contributed by atoms with van der Waals surface area (Å²) in [6.07, 6.45) is 3.40. The van der Waals surface area contributed by atoms with Crippen molar-refractivity contribution in [3.63, 3.8) is 0 Å². The fraction of sp³-hybridized carbons (Fsp3) is 0.500. The second-order valence-corrected chi connectivity index (χ2v) is 5.21. The van der Waals surface area contributed by atoms with Crippen molar-refractivity contribution < 1.29 is 14.7 Å². The van der Waals surface area contributed by atoms with Crippen LogP contribution < -0.4 is 0 Å². The number of rotatable bonds is 3. The third-order valence-electron chi connectivity index (χ3n) is 3.69. The first-order valence-electron chi connectivity index (χ1n) is 6.64. The van der Waals surface area contributed by atoms with Crippen LogP contribution in [-0.2, 0) is 0 Å². The van der Waals surface area contributed by atoms with Gasteiger partial charge in [-0.05, 0) is 38.6 Å². The number of nitrogens with zero attached hydrogens (tertiary/aromatic N) is 3. The van der Waals surface area contributed by atoms with Crippen LogP contribution in [0.5, 0.6) is 0 Å². The van der Waals surface area contributed by atoms with E-state index in [0.29, 0.717) is 5.56 Å². The standard InChI is InChI=1S/C14H19N3O3/c1-16-7-3-4-11(9-16)17(2)13(18)10-5-6-15-12(8-10)14(19)20/h5-6,8,11H,3-4,7,9H2,1-2H3,(H,19,20). The van der Waals surface area contributed by atoms with E-state index >= 15 is 0 Å². The van der Waals surface area contributed by atoms with Crippen LogP contribution in [0.4, 0.5) is 0 Å². The molecule has 0 aliphatic carbocycles. The zero-order chi connectivity index (χ0) is 14.7. The van der Waals surface area contributed by atoms with Gasteiger partial charge in [-0.3, -0.25) is 4.79 Å². The van der Waals surface area contributed by atoms with Crippen LogP contribution in [0.2, 0.25) is 0 Å². The monoisotopic (exact) mass is 277 g/mol. The van der Waals surface area contributed by atoms with Gasteiger partial charge in [0, 0.05) is 31.4 Å². The van der Waals surface area contributed by atoms with Crippen LogP contribution >= 0.6 is 0 Å². The highest BCUT2D eigenvalue weighted by Gasteiger charge is 2.25. The third kappa shape index (κ3) is 3.14. The Labute approximate surface area is 118 Å². The Bertz CT molecular complexity index is 518. The van der Waals surface area contributed by atoms with E-state index < -0.39 is 5.97 Å². The van der Waals surface area contributed by atoms with E-state index in [1.807, 2.05) is 7.05 Å². The van der Waals surface area contributed by atoms with Gasteiger partial charge in [0.1, 0.15) is 5.69 Å². The lowest BCUT2D eigenvalue weighted by atomic mass is 10.0. The third-order valence-corrected chi connectivity index (χ3v) is 3.69. The quantitative estimate of drug-likeness (QED) is 0.890. The summed E-state index contributed by atoms with van der Waals surface area (Å²) in [5.41, 5.74) is 0.262. The van der Waals surface area contributed by atoms with Gasteiger partial charge in [0.2, 0.25) is 0 Å². The molecule has 0 aromatic carbocycles. The Hall–Kier alpha value is -1.95. The SMILES string of the molecule is CN1CCCC(N(C)C(=O)c2ccnc(C(=O)O)c2)C1. The van der Waals surface area contributed by atoms with E-state index in [0.717, 1.165) is 25.9 Å². The summed E-state index contributed by atoms with van der Waals surface area (Å²) in [5.74, 6) is -1.28. The predicted molar refractivity (Wildman–Crippen MR) is 73.8 cm³/mol. The first-order chi connectivity index (χ1) is 9.49. The predicted octanol–water partition coefficient (Wildman–Crippen LogP) is 0.946. The highest BCUT2D eigenvalue weighted by Crippen LogP contribution is 2.16. The average molecular weight is 277 g/mol. The van der Waals surface area contributed by atoms with E-state index in [-0.39, 0.29) is 17.6 Å². The molecule has 1 saturated heterocycles. The van der Waals surface area contributed by atoms with Crippen molar-refractivity contribution in [2.75, 3.05) is 27.2 Å². The zero-order valence-corrected chi connectivity index (χ0v) is 11.7. The molecule has 2 rings (SSSR count). The number of pyridine rings is 1. The van der Waals surface area contributed by atoms with E-state index in [2.05, 4.69) is 9.88 Å². The number of aromatic nitrogens is 1. The van der Waals surface area contributed by atoms with Gasteiger partial charge < -0.3 is 14.9 Å². The number of carboxylic acids is 1. The maximum atomic E-state index is 12.4. The minimum Gasteiger partial charge on any atom is -0.477 e. The van der Waals surface area contributed by atoms with Crippen molar-refractivity contribution in [2.24, 2.45) is 0 Å². The molecule has 1 atom stereocenters. The number of hydrogen-bond acceptors (Lipinski definition) is 4. The summed E-state index contributed by atoms with van der Waals surface area (Å²) in [5, 5.41) is 8.92. The molecule has 1 amide bonds. The van der Waals surface area contributed by atoms with Crippen LogP contribution in [0.3, 0.4) is 0 Å². The van der Waals surface area contributed by atoms with Gasteiger partial charge >= 0.3 is 5.97 Å². The van der Waals surface area contributed by atoms with Crippen LogP contribution in [0.25, 0.3) is 0 Å². The first kappa shape index (κ1) is 14.5. The molecule has 0 bridgehead atoms. The van der Waals surface area contributed by atoms with Gasteiger partial charge in [0.25, 0.3) is 5.91 Å². The second-order valence-electron chi connectivity index (χ2n) is 5.21. The molecule has 20 heavy (non-hydrogen) atoms. The van der Waals surface area contributed by atoms with Gasteiger partial charge in [-0.1, -0.05) is 0 Å². The van der Waals surface area contributed by atoms with Crippen molar-refractivity contribution in [2.45, 2.75) is 18.9 Å². The van der Waals surface area contributed by atoms with Crippen molar-refractivity contribution in [3.05, 3.63) is 29.6 Å². The van der Waals surface area contributed by atoms with E-state index in [4.69, 9.17) is 5.11 Å². The number of aromatic carboxylic acids is 1. The number of amides is 1. The first-order valence-corrected chi connectivity index (χ1v) is 6.64. The van der Waals surface area contributed by atoms with Gasteiger partial charge in [-0.2, -0.15) is 0 Å². The molecular weight excluding hydrogens is 258 g/mol. The number of likely N-dealkylation sites (tertiary alicyclic amines) is 1. The van der Waals surface area contributed by atoms with Gasteiger partial charge in [-0.15, -0.1) is 0 Å². The molecule has 1 aromatic rings. The van der Waals surface area contributed by atoms with Gasteiger partial charge in [0.05, 0.1) is 0 Å². The van der Waals surface area contributed by atoms with Crippen LogP contribution in [0.15, 0.2) is 18.3 Å². The maximum Gasteiger partial charge on any atom is 0.354 e. The van der Waals surface area contributed by atoms with Crippen molar-refractivity contribution in [1.29, 1.82) is 0 Å². The van der Waals surface area contributed by atoms with E-state index in [1.54, 1.807) is 18.0 Å². The molecule has 2 heterocycles. The summed E-state index contributed by atoms with van der Waals surface area (Å²) >= 11 is 0. The smallest absolute Gasteiger partial charge is 0.354 e.